The van der Waals surface area contributed by atoms with Gasteiger partial charge in [0.1, 0.15) is 23.2 Å². The quantitative estimate of drug-likeness (QED) is 0.286. The Morgan fingerprint density at radius 1 is 1.19 bits per heavy atom. The molecule has 0 aliphatic carbocycles. The van der Waals surface area contributed by atoms with Gasteiger partial charge in [0.25, 0.3) is 0 Å². The van der Waals surface area contributed by atoms with E-state index >= 15 is 0 Å². The highest BCUT2D eigenvalue weighted by Crippen LogP contribution is 2.50. The van der Waals surface area contributed by atoms with E-state index in [4.69, 9.17) is 4.74 Å². The van der Waals surface area contributed by atoms with Gasteiger partial charge in [-0.3, -0.25) is 14.4 Å². The molecule has 0 spiro atoms. The number of esters is 1. The van der Waals surface area contributed by atoms with E-state index in [1.807, 2.05) is 6.92 Å². The van der Waals surface area contributed by atoms with Crippen LogP contribution in [0.4, 0.5) is 0 Å². The number of carboxylic acid groups (broad SMARTS) is 1. The van der Waals surface area contributed by atoms with Crippen LogP contribution in [0.2, 0.25) is 0 Å². The van der Waals surface area contributed by atoms with Gasteiger partial charge in [0.15, 0.2) is 5.92 Å². The second-order valence-corrected chi connectivity index (χ2v) is 10.9. The molecule has 4 atom stereocenters. The summed E-state index contributed by atoms with van der Waals surface area (Å²) in [6.45, 7) is 5.42. The number of thioether (sulfide) groups is 1. The smallest absolute Gasteiger partial charge is 0.328 e. The van der Waals surface area contributed by atoms with E-state index in [0.717, 1.165) is 5.56 Å². The van der Waals surface area contributed by atoms with Gasteiger partial charge in [0.2, 0.25) is 11.8 Å². The van der Waals surface area contributed by atoms with Gasteiger partial charge in [-0.1, -0.05) is 17.7 Å². The van der Waals surface area contributed by atoms with Crippen LogP contribution in [0.1, 0.15) is 30.9 Å². The summed E-state index contributed by atoms with van der Waals surface area (Å²) in [4.78, 5) is 51.7. The second-order valence-electron chi connectivity index (χ2n) is 8.31. The second kappa shape index (κ2) is 8.25. The molecule has 10 heteroatoms. The number of carbonyl (C=O) groups excluding carboxylic acids is 3. The number of carboxylic acids is 1. The number of β-lactam (4-membered cyclic amide) rings is 1. The standard InChI is InChI=1S/C22H22N2O6S2/c1-11-4-6-13(7-5-11)30-21(29)14(12-8-9-31-10-12)17(25)23-15-18(26)24-16(20(27)28)22(2,3)32-19(15)24/h4-10,14-16,19H,1-3H3,(H,23,25)(H,27,28)/t14-,15+,16-,19+/m0/s1. The van der Waals surface area contributed by atoms with Gasteiger partial charge in [-0.2, -0.15) is 11.3 Å². The van der Waals surface area contributed by atoms with E-state index < -0.39 is 51.9 Å². The van der Waals surface area contributed by atoms with Crippen molar-refractivity contribution in [1.82, 2.24) is 10.2 Å². The number of nitrogens with one attached hydrogen (secondary N) is 1. The fourth-order valence-electron chi connectivity index (χ4n) is 4.00. The molecule has 1 aromatic heterocycles. The molecular formula is C22H22N2O6S2. The predicted molar refractivity (Wildman–Crippen MR) is 120 cm³/mol. The maximum Gasteiger partial charge on any atom is 0.328 e. The Kier molecular flexibility index (Phi) is 5.76. The average Bonchev–Trinajstić information content (AvgIpc) is 3.32. The lowest BCUT2D eigenvalue weighted by molar-refractivity contribution is -0.161. The number of rotatable bonds is 6. The Balaban J connectivity index is 1.52. The third kappa shape index (κ3) is 3.88. The predicted octanol–water partition coefficient (Wildman–Crippen LogP) is 2.38. The first-order valence-electron chi connectivity index (χ1n) is 9.94. The highest BCUT2D eigenvalue weighted by Gasteiger charge is 2.64. The van der Waals surface area contributed by atoms with Crippen molar-refractivity contribution in [3.8, 4) is 5.75 Å². The van der Waals surface area contributed by atoms with Crippen molar-refractivity contribution in [3.05, 3.63) is 52.2 Å². The first-order chi connectivity index (χ1) is 15.1. The van der Waals surface area contributed by atoms with Crippen molar-refractivity contribution in [2.24, 2.45) is 0 Å². The molecule has 2 N–H and O–H groups in total. The lowest BCUT2D eigenvalue weighted by Gasteiger charge is -2.43. The number of nitrogens with zero attached hydrogens (tertiary/aromatic N) is 1. The molecule has 0 radical (unpaired) electrons. The van der Waals surface area contributed by atoms with Crippen LogP contribution < -0.4 is 10.1 Å². The number of amides is 2. The van der Waals surface area contributed by atoms with E-state index in [1.165, 1.54) is 28.0 Å². The molecule has 4 rings (SSSR count). The van der Waals surface area contributed by atoms with Crippen molar-refractivity contribution in [2.75, 3.05) is 0 Å². The number of aliphatic carboxylic acids is 1. The molecule has 168 valence electrons. The molecule has 2 aliphatic rings. The minimum atomic E-state index is -1.25. The van der Waals surface area contributed by atoms with Crippen LogP contribution in [-0.2, 0) is 19.2 Å². The van der Waals surface area contributed by atoms with Gasteiger partial charge in [-0.15, -0.1) is 11.8 Å². The van der Waals surface area contributed by atoms with Gasteiger partial charge in [-0.05, 0) is 55.3 Å². The number of thiophene rings is 1. The molecule has 2 saturated heterocycles. The molecular weight excluding hydrogens is 452 g/mol. The molecule has 2 aromatic rings. The summed E-state index contributed by atoms with van der Waals surface area (Å²) in [5, 5.41) is 15.1. The lowest BCUT2D eigenvalue weighted by atomic mass is 9.95. The highest BCUT2D eigenvalue weighted by molar-refractivity contribution is 8.01. The summed E-state index contributed by atoms with van der Waals surface area (Å²) in [6.07, 6.45) is 0. The molecule has 2 amide bonds. The zero-order valence-corrected chi connectivity index (χ0v) is 19.2. The van der Waals surface area contributed by atoms with Crippen molar-refractivity contribution in [1.29, 1.82) is 0 Å². The van der Waals surface area contributed by atoms with Crippen LogP contribution >= 0.6 is 23.1 Å². The largest absolute Gasteiger partial charge is 0.480 e. The van der Waals surface area contributed by atoms with Crippen LogP contribution in [0.3, 0.4) is 0 Å². The normalized spacial score (nSPS) is 24.3. The van der Waals surface area contributed by atoms with E-state index in [9.17, 15) is 24.3 Å². The van der Waals surface area contributed by atoms with E-state index in [-0.39, 0.29) is 0 Å². The number of aryl methyl sites for hydroxylation is 1. The van der Waals surface area contributed by atoms with Crippen LogP contribution in [0.15, 0.2) is 41.1 Å². The van der Waals surface area contributed by atoms with Crippen LogP contribution in [0.5, 0.6) is 5.75 Å². The zero-order chi connectivity index (χ0) is 23.2. The number of fused-ring (bicyclic) bond motifs is 1. The minimum absolute atomic E-state index is 0.317. The Morgan fingerprint density at radius 2 is 1.88 bits per heavy atom. The third-order valence-corrected chi connectivity index (χ3v) is 7.86. The maximum atomic E-state index is 13.1. The van der Waals surface area contributed by atoms with Gasteiger partial charge in [-0.25, -0.2) is 4.79 Å². The average molecular weight is 475 g/mol. The van der Waals surface area contributed by atoms with Crippen LogP contribution in [0.25, 0.3) is 0 Å². The summed E-state index contributed by atoms with van der Waals surface area (Å²) in [6, 6.07) is 6.66. The molecule has 32 heavy (non-hydrogen) atoms. The Hall–Kier alpha value is -2.85. The third-order valence-electron chi connectivity index (χ3n) is 5.59. The summed E-state index contributed by atoms with van der Waals surface area (Å²) < 4.78 is 4.73. The monoisotopic (exact) mass is 474 g/mol. The first kappa shape index (κ1) is 22.3. The minimum Gasteiger partial charge on any atom is -0.480 e. The first-order valence-corrected chi connectivity index (χ1v) is 11.8. The van der Waals surface area contributed by atoms with Gasteiger partial charge >= 0.3 is 11.9 Å². The van der Waals surface area contributed by atoms with E-state index in [0.29, 0.717) is 11.3 Å². The molecule has 2 fully saturated rings. The van der Waals surface area contributed by atoms with Crippen molar-refractivity contribution in [2.45, 2.75) is 48.9 Å². The molecule has 0 bridgehead atoms. The lowest BCUT2D eigenvalue weighted by Crippen LogP contribution is -2.71. The molecule has 0 unspecified atom stereocenters. The Bertz CT molecular complexity index is 1070. The molecule has 2 aliphatic heterocycles. The summed E-state index contributed by atoms with van der Waals surface area (Å²) in [7, 11) is 0. The van der Waals surface area contributed by atoms with Gasteiger partial charge in [0.05, 0.1) is 0 Å². The van der Waals surface area contributed by atoms with Gasteiger partial charge in [0, 0.05) is 4.75 Å². The van der Waals surface area contributed by atoms with Crippen molar-refractivity contribution in [3.63, 3.8) is 0 Å². The maximum absolute atomic E-state index is 13.1. The number of hydrogen-bond donors (Lipinski definition) is 2. The van der Waals surface area contributed by atoms with Gasteiger partial charge < -0.3 is 20.1 Å². The number of ether oxygens (including phenoxy) is 1. The fraction of sp³-hybridized carbons (Fsp3) is 0.364. The van der Waals surface area contributed by atoms with Crippen molar-refractivity contribution >= 4 is 46.9 Å². The van der Waals surface area contributed by atoms with Crippen LogP contribution in [0, 0.1) is 6.92 Å². The van der Waals surface area contributed by atoms with Crippen LogP contribution in [-0.4, -0.2) is 56.0 Å². The number of benzene rings is 1. The van der Waals surface area contributed by atoms with Crippen molar-refractivity contribution < 1.29 is 29.0 Å². The number of carbonyl (C=O) groups is 4. The molecule has 1 aromatic carbocycles. The Morgan fingerprint density at radius 3 is 2.47 bits per heavy atom. The highest BCUT2D eigenvalue weighted by atomic mass is 32.2. The van der Waals surface area contributed by atoms with E-state index in [2.05, 4.69) is 5.32 Å². The summed E-state index contributed by atoms with van der Waals surface area (Å²) in [5.74, 6) is -3.89. The van der Waals surface area contributed by atoms with E-state index in [1.54, 1.807) is 54.9 Å². The number of hydrogen-bond acceptors (Lipinski definition) is 7. The summed E-state index contributed by atoms with van der Waals surface area (Å²) in [5.41, 5.74) is 1.47. The topological polar surface area (TPSA) is 113 Å². The fourth-order valence-corrected chi connectivity index (χ4v) is 6.31. The Labute approximate surface area is 192 Å². The molecule has 3 heterocycles. The molecule has 8 nitrogen and oxygen atoms in total. The zero-order valence-electron chi connectivity index (χ0n) is 17.6. The SMILES string of the molecule is Cc1ccc(OC(=O)[C@H](C(=O)N[C@@H]2C(=O)N3[C@@H]2SC(C)(C)[C@@H]3C(=O)O)c2ccsc2)cc1. The molecule has 0 saturated carbocycles. The summed E-state index contributed by atoms with van der Waals surface area (Å²) >= 11 is 2.66.